The number of benzene rings is 2. The lowest BCUT2D eigenvalue weighted by molar-refractivity contribution is -0.118. The van der Waals surface area contributed by atoms with Crippen molar-refractivity contribution >= 4 is 42.4 Å². The first-order chi connectivity index (χ1) is 16.4. The first kappa shape index (κ1) is 24.0. The van der Waals surface area contributed by atoms with E-state index < -0.39 is 15.7 Å². The van der Waals surface area contributed by atoms with Gasteiger partial charge in [-0.15, -0.1) is 0 Å². The molecule has 4 aromatic rings. The third-order valence-corrected chi connectivity index (χ3v) is 8.26. The second kappa shape index (κ2) is 10.4. The summed E-state index contributed by atoms with van der Waals surface area (Å²) >= 11 is 1.43. The molecule has 1 amide bonds. The van der Waals surface area contributed by atoms with Crippen LogP contribution in [-0.2, 0) is 27.6 Å². The van der Waals surface area contributed by atoms with Gasteiger partial charge in [0.15, 0.2) is 15.0 Å². The lowest BCUT2D eigenvalue weighted by atomic mass is 10.2. The highest BCUT2D eigenvalue weighted by atomic mass is 32.2. The quantitative estimate of drug-likeness (QED) is 0.298. The van der Waals surface area contributed by atoms with Crippen molar-refractivity contribution in [2.75, 3.05) is 10.7 Å². The van der Waals surface area contributed by atoms with Crippen molar-refractivity contribution in [1.29, 1.82) is 0 Å². The van der Waals surface area contributed by atoms with Crippen molar-refractivity contribution in [2.45, 2.75) is 37.6 Å². The van der Waals surface area contributed by atoms with Gasteiger partial charge >= 0.3 is 0 Å². The molecule has 0 saturated heterocycles. The number of carbonyl (C=O) groups excluding carboxylic acids is 1. The number of pyridine rings is 1. The Morgan fingerprint density at radius 1 is 1.09 bits per heavy atom. The van der Waals surface area contributed by atoms with Gasteiger partial charge in [0.25, 0.3) is 0 Å². The maximum atomic E-state index is 13.2. The van der Waals surface area contributed by atoms with Crippen LogP contribution in [0.1, 0.15) is 31.0 Å². The predicted molar refractivity (Wildman–Crippen MR) is 132 cm³/mol. The minimum absolute atomic E-state index is 0.0311. The van der Waals surface area contributed by atoms with E-state index in [9.17, 15) is 17.6 Å². The highest BCUT2D eigenvalue weighted by Crippen LogP contribution is 2.31. The molecule has 0 unspecified atom stereocenters. The van der Waals surface area contributed by atoms with Crippen molar-refractivity contribution in [1.82, 2.24) is 9.97 Å². The molecule has 0 aliphatic heterocycles. The molecule has 6 nitrogen and oxygen atoms in total. The van der Waals surface area contributed by atoms with E-state index in [1.165, 1.54) is 29.0 Å². The summed E-state index contributed by atoms with van der Waals surface area (Å²) in [6, 6.07) is 16.3. The highest BCUT2D eigenvalue weighted by molar-refractivity contribution is 7.91. The van der Waals surface area contributed by atoms with Crippen LogP contribution in [0.4, 0.5) is 9.52 Å². The van der Waals surface area contributed by atoms with Gasteiger partial charge in [-0.3, -0.25) is 14.7 Å². The van der Waals surface area contributed by atoms with Crippen LogP contribution in [0.25, 0.3) is 10.2 Å². The van der Waals surface area contributed by atoms with Gasteiger partial charge in [-0.2, -0.15) is 0 Å². The lowest BCUT2D eigenvalue weighted by Crippen LogP contribution is -2.30. The Kier molecular flexibility index (Phi) is 7.33. The van der Waals surface area contributed by atoms with Gasteiger partial charge in [0.2, 0.25) is 5.91 Å². The molecule has 176 valence electrons. The monoisotopic (exact) mass is 497 g/mol. The molecule has 0 aliphatic rings. The number of aryl methyl sites for hydroxylation is 1. The van der Waals surface area contributed by atoms with Gasteiger partial charge in [-0.1, -0.05) is 30.4 Å². The molecule has 0 spiro atoms. The van der Waals surface area contributed by atoms with E-state index in [1.54, 1.807) is 17.2 Å². The number of anilines is 1. The van der Waals surface area contributed by atoms with Crippen LogP contribution in [0, 0.1) is 5.82 Å². The molecule has 0 aliphatic carbocycles. The molecule has 0 fully saturated rings. The molecule has 0 atom stereocenters. The summed E-state index contributed by atoms with van der Waals surface area (Å²) in [4.78, 5) is 23.8. The Hall–Kier alpha value is -3.17. The number of hydrogen-bond donors (Lipinski definition) is 0. The van der Waals surface area contributed by atoms with Gasteiger partial charge in [0.1, 0.15) is 5.82 Å². The van der Waals surface area contributed by atoms with Crippen LogP contribution in [0.15, 0.2) is 71.8 Å². The molecule has 0 radical (unpaired) electrons. The molecule has 34 heavy (non-hydrogen) atoms. The predicted octanol–water partition coefficient (Wildman–Crippen LogP) is 5.18. The molecule has 0 bridgehead atoms. The number of hydrogen-bond acceptors (Lipinski definition) is 6. The molecule has 0 saturated carbocycles. The third kappa shape index (κ3) is 5.66. The Labute approximate surface area is 202 Å². The van der Waals surface area contributed by atoms with Gasteiger partial charge in [0.05, 0.1) is 33.1 Å². The largest absolute Gasteiger partial charge is 0.282 e. The molecule has 0 N–H and O–H groups in total. The summed E-state index contributed by atoms with van der Waals surface area (Å²) in [5.41, 5.74) is 2.72. The minimum Gasteiger partial charge on any atom is -0.282 e. The number of aromatic nitrogens is 2. The number of carbonyl (C=O) groups is 1. The van der Waals surface area contributed by atoms with Crippen LogP contribution in [-0.4, -0.2) is 30.0 Å². The number of halogens is 1. The summed E-state index contributed by atoms with van der Waals surface area (Å²) in [6.07, 6.45) is 2.74. The highest BCUT2D eigenvalue weighted by Gasteiger charge is 2.22. The van der Waals surface area contributed by atoms with Crippen LogP contribution < -0.4 is 4.90 Å². The second-order valence-electron chi connectivity index (χ2n) is 7.83. The van der Waals surface area contributed by atoms with Crippen molar-refractivity contribution in [3.63, 3.8) is 0 Å². The van der Waals surface area contributed by atoms with E-state index >= 15 is 0 Å². The topological polar surface area (TPSA) is 80.2 Å². The molecule has 2 aromatic carbocycles. The van der Waals surface area contributed by atoms with E-state index in [2.05, 4.69) is 23.0 Å². The average Bonchev–Trinajstić information content (AvgIpc) is 3.26. The van der Waals surface area contributed by atoms with Gasteiger partial charge in [-0.05, 0) is 66.9 Å². The maximum Gasteiger partial charge on any atom is 0.229 e. The van der Waals surface area contributed by atoms with E-state index in [4.69, 9.17) is 0 Å². The summed E-state index contributed by atoms with van der Waals surface area (Å²) in [6.45, 7) is 2.32. The van der Waals surface area contributed by atoms with Crippen LogP contribution in [0.2, 0.25) is 0 Å². The molecular weight excluding hydrogens is 473 g/mol. The Morgan fingerprint density at radius 2 is 1.88 bits per heavy atom. The second-order valence-corrected chi connectivity index (χ2v) is 10.9. The van der Waals surface area contributed by atoms with Crippen LogP contribution in [0.3, 0.4) is 0 Å². The Balaban J connectivity index is 1.53. The van der Waals surface area contributed by atoms with Crippen LogP contribution >= 0.6 is 11.3 Å². The maximum absolute atomic E-state index is 13.2. The zero-order chi connectivity index (χ0) is 24.1. The zero-order valence-electron chi connectivity index (χ0n) is 18.6. The normalized spacial score (nSPS) is 11.6. The Morgan fingerprint density at radius 3 is 2.59 bits per heavy atom. The summed E-state index contributed by atoms with van der Waals surface area (Å²) in [5, 5.41) is 0.556. The molecule has 4 rings (SSSR count). The first-order valence-corrected chi connectivity index (χ1v) is 13.4. The molecular formula is C25H24FN3O3S2. The number of rotatable bonds is 9. The van der Waals surface area contributed by atoms with Crippen molar-refractivity contribution in [3.8, 4) is 0 Å². The standard InChI is InChI=1S/C25H24FN3O3S2/c1-2-18-8-13-22-23(16-18)33-25(28-22)29(17-20-6-3-4-14-27-20)24(30)7-5-15-34(31,32)21-11-9-19(26)10-12-21/h3-4,6,8-14,16H,2,5,7,15,17H2,1H3. The minimum atomic E-state index is -3.61. The molecule has 2 heterocycles. The number of thiazole rings is 1. The number of nitrogens with zero attached hydrogens (tertiary/aromatic N) is 3. The number of fused-ring (bicyclic) bond motifs is 1. The van der Waals surface area contributed by atoms with Crippen molar-refractivity contribution in [2.24, 2.45) is 0 Å². The van der Waals surface area contributed by atoms with Crippen molar-refractivity contribution < 1.29 is 17.6 Å². The van der Waals surface area contributed by atoms with Gasteiger partial charge in [0, 0.05) is 12.6 Å². The lowest BCUT2D eigenvalue weighted by Gasteiger charge is -2.19. The summed E-state index contributed by atoms with van der Waals surface area (Å²) in [5.74, 6) is -0.933. The van der Waals surface area contributed by atoms with Crippen LogP contribution in [0.5, 0.6) is 0 Å². The van der Waals surface area contributed by atoms with E-state index in [0.29, 0.717) is 10.8 Å². The smallest absolute Gasteiger partial charge is 0.229 e. The van der Waals surface area contributed by atoms with Gasteiger partial charge < -0.3 is 0 Å². The number of amides is 1. The third-order valence-electron chi connectivity index (χ3n) is 5.40. The van der Waals surface area contributed by atoms with E-state index in [1.807, 2.05) is 24.3 Å². The SMILES string of the molecule is CCc1ccc2nc(N(Cc3ccccn3)C(=O)CCCS(=O)(=O)c3ccc(F)cc3)sc2c1. The fourth-order valence-electron chi connectivity index (χ4n) is 3.52. The first-order valence-electron chi connectivity index (χ1n) is 10.9. The summed E-state index contributed by atoms with van der Waals surface area (Å²) in [7, 11) is -3.61. The molecule has 2 aromatic heterocycles. The van der Waals surface area contributed by atoms with Crippen molar-refractivity contribution in [3.05, 3.63) is 83.9 Å². The van der Waals surface area contributed by atoms with Gasteiger partial charge in [-0.25, -0.2) is 17.8 Å². The average molecular weight is 498 g/mol. The zero-order valence-corrected chi connectivity index (χ0v) is 20.3. The summed E-state index contributed by atoms with van der Waals surface area (Å²) < 4.78 is 39.3. The fourth-order valence-corrected chi connectivity index (χ4v) is 5.87. The van der Waals surface area contributed by atoms with E-state index in [0.717, 1.165) is 28.8 Å². The Bertz CT molecular complexity index is 1390. The molecule has 9 heteroatoms. The fraction of sp³-hybridized carbons (Fsp3) is 0.240. The van der Waals surface area contributed by atoms with E-state index in [-0.39, 0.29) is 35.9 Å². The number of sulfone groups is 1.